The maximum atomic E-state index is 6.74. The van der Waals surface area contributed by atoms with Gasteiger partial charge in [-0.15, -0.1) is 0 Å². The second-order valence-electron chi connectivity index (χ2n) is 12.3. The lowest BCUT2D eigenvalue weighted by molar-refractivity contribution is 0.877. The Morgan fingerprint density at radius 2 is 0.917 bits per heavy atom. The summed E-state index contributed by atoms with van der Waals surface area (Å²) in [7, 11) is 0. The number of aromatic nitrogens is 3. The fourth-order valence-corrected chi connectivity index (χ4v) is 6.90. The Bertz CT molecular complexity index is 2360. The smallest absolute Gasteiger partial charge is 0.164 e. The number of fused-ring (bicyclic) bond motifs is 3. The van der Waals surface area contributed by atoms with Crippen LogP contribution < -0.4 is 0 Å². The largest absolute Gasteiger partial charge is 0.208 e. The second-order valence-corrected chi connectivity index (χ2v) is 12.8. The zero-order valence-electron chi connectivity index (χ0n) is 26.7. The molecule has 0 bridgehead atoms. The number of rotatable bonds is 6. The standard InChI is InChI=1S/C44H32ClN3/c1-28(2)35-22-13-23-37-40(39(29-14-6-3-7-15-29)38-27-34(45)24-25-36(38)41(35)37)32-20-12-21-33(26-32)44-47-42(30-16-8-4-9-17-30)46-43(48-44)31-18-10-5-11-19-31/h3-28H,1-2H3. The van der Waals surface area contributed by atoms with E-state index in [0.29, 0.717) is 28.4 Å². The number of nitrogens with zero attached hydrogens (tertiary/aromatic N) is 3. The summed E-state index contributed by atoms with van der Waals surface area (Å²) in [5.41, 5.74) is 8.66. The molecule has 0 fully saturated rings. The van der Waals surface area contributed by atoms with Gasteiger partial charge in [-0.1, -0.05) is 159 Å². The van der Waals surface area contributed by atoms with Gasteiger partial charge >= 0.3 is 0 Å². The van der Waals surface area contributed by atoms with Crippen LogP contribution in [-0.4, -0.2) is 15.0 Å². The summed E-state index contributed by atoms with van der Waals surface area (Å²) in [5, 5.41) is 5.52. The quantitative estimate of drug-likeness (QED) is 0.170. The first-order chi connectivity index (χ1) is 23.5. The molecule has 7 aromatic carbocycles. The summed E-state index contributed by atoms with van der Waals surface area (Å²) in [6.45, 7) is 4.52. The van der Waals surface area contributed by atoms with Crippen LogP contribution in [0, 0.1) is 0 Å². The predicted octanol–water partition coefficient (Wildman–Crippen LogP) is 12.3. The average molecular weight is 638 g/mol. The summed E-state index contributed by atoms with van der Waals surface area (Å²) in [4.78, 5) is 15.0. The molecule has 0 saturated carbocycles. The Morgan fingerprint density at radius 1 is 0.417 bits per heavy atom. The molecule has 4 heteroatoms. The summed E-state index contributed by atoms with van der Waals surface area (Å²) < 4.78 is 0. The third-order valence-electron chi connectivity index (χ3n) is 8.93. The molecule has 0 unspecified atom stereocenters. The maximum absolute atomic E-state index is 6.74. The number of halogens is 1. The van der Waals surface area contributed by atoms with Crippen molar-refractivity contribution in [2.75, 3.05) is 0 Å². The summed E-state index contributed by atoms with van der Waals surface area (Å²) in [6, 6.07) is 52.4. The van der Waals surface area contributed by atoms with Crippen molar-refractivity contribution < 1.29 is 0 Å². The zero-order valence-corrected chi connectivity index (χ0v) is 27.5. The van der Waals surface area contributed by atoms with E-state index in [0.717, 1.165) is 44.3 Å². The highest BCUT2D eigenvalue weighted by atomic mass is 35.5. The maximum Gasteiger partial charge on any atom is 0.164 e. The molecule has 230 valence electrons. The van der Waals surface area contributed by atoms with Crippen molar-refractivity contribution >= 4 is 33.1 Å². The topological polar surface area (TPSA) is 38.7 Å². The number of hydrogen-bond acceptors (Lipinski definition) is 3. The monoisotopic (exact) mass is 637 g/mol. The Labute approximate surface area is 285 Å². The second kappa shape index (κ2) is 12.5. The molecule has 0 radical (unpaired) electrons. The lowest BCUT2D eigenvalue weighted by Gasteiger charge is -2.22. The lowest BCUT2D eigenvalue weighted by Crippen LogP contribution is -2.00. The molecule has 0 saturated heterocycles. The van der Waals surface area contributed by atoms with Gasteiger partial charge in [-0.2, -0.15) is 0 Å². The minimum Gasteiger partial charge on any atom is -0.208 e. The molecule has 0 aliphatic rings. The molecular formula is C44H32ClN3. The highest BCUT2D eigenvalue weighted by Gasteiger charge is 2.21. The SMILES string of the molecule is CC(C)c1cccc2c(-c3cccc(-c4nc(-c5ccccc5)nc(-c5ccccc5)n4)c3)c(-c3ccccc3)c3cc(Cl)ccc3c12. The molecule has 0 amide bonds. The van der Waals surface area contributed by atoms with Crippen LogP contribution in [0.1, 0.15) is 25.3 Å². The molecule has 0 N–H and O–H groups in total. The fourth-order valence-electron chi connectivity index (χ4n) is 6.73. The molecule has 3 nitrogen and oxygen atoms in total. The van der Waals surface area contributed by atoms with Crippen LogP contribution in [-0.2, 0) is 0 Å². The highest BCUT2D eigenvalue weighted by Crippen LogP contribution is 2.47. The van der Waals surface area contributed by atoms with Crippen LogP contribution >= 0.6 is 11.6 Å². The first-order valence-corrected chi connectivity index (χ1v) is 16.6. The number of hydrogen-bond donors (Lipinski definition) is 0. The number of benzene rings is 7. The van der Waals surface area contributed by atoms with Crippen LogP contribution in [0.4, 0.5) is 0 Å². The molecule has 1 heterocycles. The van der Waals surface area contributed by atoms with E-state index >= 15 is 0 Å². The van der Waals surface area contributed by atoms with Crippen molar-refractivity contribution in [2.24, 2.45) is 0 Å². The Morgan fingerprint density at radius 3 is 1.52 bits per heavy atom. The van der Waals surface area contributed by atoms with Gasteiger partial charge in [0.25, 0.3) is 0 Å². The molecule has 8 aromatic rings. The van der Waals surface area contributed by atoms with E-state index in [2.05, 4.69) is 98.8 Å². The van der Waals surface area contributed by atoms with Gasteiger partial charge < -0.3 is 0 Å². The van der Waals surface area contributed by atoms with Crippen molar-refractivity contribution in [3.05, 3.63) is 162 Å². The van der Waals surface area contributed by atoms with E-state index in [4.69, 9.17) is 26.6 Å². The van der Waals surface area contributed by atoms with Crippen LogP contribution in [0.5, 0.6) is 0 Å². The molecule has 8 rings (SSSR count). The Hall–Kier alpha value is -5.64. The van der Waals surface area contributed by atoms with Crippen molar-refractivity contribution in [1.82, 2.24) is 15.0 Å². The van der Waals surface area contributed by atoms with Gasteiger partial charge in [-0.25, -0.2) is 15.0 Å². The van der Waals surface area contributed by atoms with Gasteiger partial charge in [-0.05, 0) is 73.5 Å². The van der Waals surface area contributed by atoms with Crippen LogP contribution in [0.25, 0.3) is 78.0 Å². The first kappa shape index (κ1) is 29.7. The van der Waals surface area contributed by atoms with Gasteiger partial charge in [0.05, 0.1) is 0 Å². The van der Waals surface area contributed by atoms with E-state index in [1.165, 1.54) is 21.7 Å². The van der Waals surface area contributed by atoms with E-state index in [9.17, 15) is 0 Å². The predicted molar refractivity (Wildman–Crippen MR) is 201 cm³/mol. The molecule has 48 heavy (non-hydrogen) atoms. The Balaban J connectivity index is 1.43. The van der Waals surface area contributed by atoms with Crippen LogP contribution in [0.2, 0.25) is 5.02 Å². The van der Waals surface area contributed by atoms with Gasteiger partial charge in [0.15, 0.2) is 17.5 Å². The van der Waals surface area contributed by atoms with E-state index in [1.807, 2.05) is 66.7 Å². The van der Waals surface area contributed by atoms with E-state index < -0.39 is 0 Å². The first-order valence-electron chi connectivity index (χ1n) is 16.3. The van der Waals surface area contributed by atoms with Gasteiger partial charge in [0.2, 0.25) is 0 Å². The van der Waals surface area contributed by atoms with Gasteiger partial charge in [0, 0.05) is 21.7 Å². The molecular weight excluding hydrogens is 606 g/mol. The molecule has 0 aliphatic heterocycles. The molecule has 1 aromatic heterocycles. The van der Waals surface area contributed by atoms with E-state index in [1.54, 1.807) is 0 Å². The minimum atomic E-state index is 0.340. The van der Waals surface area contributed by atoms with E-state index in [-0.39, 0.29) is 0 Å². The molecule has 0 aliphatic carbocycles. The fraction of sp³-hybridized carbons (Fsp3) is 0.0682. The van der Waals surface area contributed by atoms with Crippen molar-refractivity contribution in [3.63, 3.8) is 0 Å². The van der Waals surface area contributed by atoms with Crippen molar-refractivity contribution in [2.45, 2.75) is 19.8 Å². The third-order valence-corrected chi connectivity index (χ3v) is 9.16. The van der Waals surface area contributed by atoms with Crippen molar-refractivity contribution in [3.8, 4) is 56.4 Å². The van der Waals surface area contributed by atoms with Crippen LogP contribution in [0.3, 0.4) is 0 Å². The van der Waals surface area contributed by atoms with Gasteiger partial charge in [0.1, 0.15) is 0 Å². The lowest BCUT2D eigenvalue weighted by atomic mass is 9.82. The van der Waals surface area contributed by atoms with Crippen molar-refractivity contribution in [1.29, 1.82) is 0 Å². The zero-order chi connectivity index (χ0) is 32.6. The Kier molecular flexibility index (Phi) is 7.76. The van der Waals surface area contributed by atoms with Crippen LogP contribution in [0.15, 0.2) is 152 Å². The highest BCUT2D eigenvalue weighted by molar-refractivity contribution is 6.32. The third kappa shape index (κ3) is 5.42. The molecule has 0 spiro atoms. The minimum absolute atomic E-state index is 0.340. The summed E-state index contributed by atoms with van der Waals surface area (Å²) in [5.74, 6) is 2.25. The summed E-state index contributed by atoms with van der Waals surface area (Å²) >= 11 is 6.74. The average Bonchev–Trinajstić information content (AvgIpc) is 3.14. The normalized spacial score (nSPS) is 11.4. The summed E-state index contributed by atoms with van der Waals surface area (Å²) in [6.07, 6.45) is 0. The molecule has 0 atom stereocenters. The van der Waals surface area contributed by atoms with Gasteiger partial charge in [-0.3, -0.25) is 0 Å².